The molecule has 7 heteroatoms. The highest BCUT2D eigenvalue weighted by molar-refractivity contribution is 7.89. The van der Waals surface area contributed by atoms with Gasteiger partial charge in [0, 0.05) is 23.6 Å². The third-order valence-electron chi connectivity index (χ3n) is 2.35. The molecule has 0 atom stereocenters. The van der Waals surface area contributed by atoms with Gasteiger partial charge in [-0.1, -0.05) is 17.7 Å². The lowest BCUT2D eigenvalue weighted by Crippen LogP contribution is -2.26. The number of aromatic nitrogens is 1. The molecule has 0 unspecified atom stereocenters. The molecule has 0 aliphatic heterocycles. The van der Waals surface area contributed by atoms with Gasteiger partial charge in [-0.15, -0.1) is 11.3 Å². The maximum absolute atomic E-state index is 12.3. The Morgan fingerprint density at radius 3 is 2.83 bits per heavy atom. The summed E-state index contributed by atoms with van der Waals surface area (Å²) in [6, 6.07) is 6.22. The van der Waals surface area contributed by atoms with Crippen molar-refractivity contribution in [3.8, 4) is 0 Å². The van der Waals surface area contributed by atoms with Crippen molar-refractivity contribution in [3.63, 3.8) is 0 Å². The van der Waals surface area contributed by atoms with Crippen LogP contribution in [0.4, 0.5) is 0 Å². The molecule has 0 saturated carbocycles. The molecule has 4 nitrogen and oxygen atoms in total. The van der Waals surface area contributed by atoms with E-state index >= 15 is 0 Å². The number of hydrogen-bond acceptors (Lipinski definition) is 4. The van der Waals surface area contributed by atoms with Crippen LogP contribution in [0, 0.1) is 0 Å². The second kappa shape index (κ2) is 5.36. The molecule has 0 N–H and O–H groups in total. The molecule has 0 radical (unpaired) electrons. The first-order chi connectivity index (χ1) is 8.50. The monoisotopic (exact) mass is 302 g/mol. The topological polar surface area (TPSA) is 50.3 Å². The van der Waals surface area contributed by atoms with Crippen LogP contribution in [0.15, 0.2) is 40.7 Å². The Morgan fingerprint density at radius 1 is 1.44 bits per heavy atom. The van der Waals surface area contributed by atoms with Crippen LogP contribution >= 0.6 is 22.9 Å². The van der Waals surface area contributed by atoms with Crippen molar-refractivity contribution in [3.05, 3.63) is 45.9 Å². The summed E-state index contributed by atoms with van der Waals surface area (Å²) >= 11 is 7.23. The summed E-state index contributed by atoms with van der Waals surface area (Å²) in [5.74, 6) is 0. The van der Waals surface area contributed by atoms with E-state index in [2.05, 4.69) is 4.98 Å². The minimum Gasteiger partial charge on any atom is -0.248 e. The lowest BCUT2D eigenvalue weighted by Gasteiger charge is -2.15. The van der Waals surface area contributed by atoms with E-state index < -0.39 is 10.0 Å². The molecule has 2 rings (SSSR count). The smallest absolute Gasteiger partial charge is 0.243 e. The summed E-state index contributed by atoms with van der Waals surface area (Å²) in [6.07, 6.45) is 1.65. The molecule has 96 valence electrons. The van der Waals surface area contributed by atoms with E-state index in [1.54, 1.807) is 18.3 Å². The van der Waals surface area contributed by atoms with Gasteiger partial charge in [0.05, 0.1) is 11.4 Å². The lowest BCUT2D eigenvalue weighted by atomic mass is 10.4. The maximum atomic E-state index is 12.3. The van der Waals surface area contributed by atoms with Crippen molar-refractivity contribution in [2.24, 2.45) is 0 Å². The quantitative estimate of drug-likeness (QED) is 0.872. The van der Waals surface area contributed by atoms with Crippen molar-refractivity contribution in [2.45, 2.75) is 11.4 Å². The van der Waals surface area contributed by atoms with Crippen LogP contribution < -0.4 is 0 Å². The average molecular weight is 303 g/mol. The Kier molecular flexibility index (Phi) is 4.01. The fourth-order valence-corrected chi connectivity index (χ4v) is 3.60. The average Bonchev–Trinajstić information content (AvgIpc) is 2.81. The molecule has 1 aromatic heterocycles. The van der Waals surface area contributed by atoms with E-state index in [4.69, 9.17) is 11.6 Å². The third-order valence-corrected chi connectivity index (χ3v) is 5.14. The van der Waals surface area contributed by atoms with Gasteiger partial charge in [0.15, 0.2) is 0 Å². The third kappa shape index (κ3) is 2.89. The molecular weight excluding hydrogens is 292 g/mol. The normalized spacial score (nSPS) is 11.9. The van der Waals surface area contributed by atoms with Gasteiger partial charge in [-0.2, -0.15) is 4.31 Å². The van der Waals surface area contributed by atoms with Crippen molar-refractivity contribution in [2.75, 3.05) is 7.05 Å². The van der Waals surface area contributed by atoms with Crippen LogP contribution in [0.5, 0.6) is 0 Å². The molecule has 0 amide bonds. The standard InChI is InChI=1S/C11H11ClN2O2S2/c1-14(8-11-13-5-6-17-11)18(15,16)10-4-2-3-9(12)7-10/h2-7H,8H2,1H3. The second-order valence-electron chi connectivity index (χ2n) is 3.64. The Bertz CT molecular complexity index is 626. The fraction of sp³-hybridized carbons (Fsp3) is 0.182. The van der Waals surface area contributed by atoms with Crippen LogP contribution in [0.2, 0.25) is 5.02 Å². The minimum absolute atomic E-state index is 0.189. The number of nitrogens with zero attached hydrogens (tertiary/aromatic N) is 2. The number of sulfonamides is 1. The first kappa shape index (κ1) is 13.5. The zero-order valence-electron chi connectivity index (χ0n) is 9.58. The van der Waals surface area contributed by atoms with E-state index in [1.807, 2.05) is 5.38 Å². The van der Waals surface area contributed by atoms with Crippen molar-refractivity contribution < 1.29 is 8.42 Å². The molecular formula is C11H11ClN2O2S2. The highest BCUT2D eigenvalue weighted by atomic mass is 35.5. The molecule has 0 bridgehead atoms. The van der Waals surface area contributed by atoms with Crippen molar-refractivity contribution in [1.29, 1.82) is 0 Å². The van der Waals surface area contributed by atoms with Gasteiger partial charge < -0.3 is 0 Å². The van der Waals surface area contributed by atoms with E-state index in [0.717, 1.165) is 5.01 Å². The first-order valence-electron chi connectivity index (χ1n) is 5.10. The minimum atomic E-state index is -3.52. The fourth-order valence-electron chi connectivity index (χ4n) is 1.41. The molecule has 0 fully saturated rings. The summed E-state index contributed by atoms with van der Waals surface area (Å²) in [7, 11) is -2.00. The Balaban J connectivity index is 2.25. The van der Waals surface area contributed by atoms with Crippen LogP contribution in [0.3, 0.4) is 0 Å². The Hall–Kier alpha value is -0.950. The predicted octanol–water partition coefficient (Wildman–Crippen LogP) is 2.62. The van der Waals surface area contributed by atoms with Crippen molar-refractivity contribution >= 4 is 33.0 Å². The van der Waals surface area contributed by atoms with Crippen molar-refractivity contribution in [1.82, 2.24) is 9.29 Å². The van der Waals surface area contributed by atoms with E-state index in [1.165, 1.54) is 34.8 Å². The molecule has 2 aromatic rings. The van der Waals surface area contributed by atoms with E-state index in [0.29, 0.717) is 5.02 Å². The lowest BCUT2D eigenvalue weighted by molar-refractivity contribution is 0.466. The number of benzene rings is 1. The van der Waals surface area contributed by atoms with Gasteiger partial charge in [-0.05, 0) is 18.2 Å². The van der Waals surface area contributed by atoms with Crippen LogP contribution in [-0.4, -0.2) is 24.8 Å². The van der Waals surface area contributed by atoms with Gasteiger partial charge in [0.2, 0.25) is 10.0 Å². The highest BCUT2D eigenvalue weighted by Gasteiger charge is 2.21. The second-order valence-corrected chi connectivity index (χ2v) is 7.10. The van der Waals surface area contributed by atoms with E-state index in [9.17, 15) is 8.42 Å². The molecule has 1 aromatic carbocycles. The zero-order valence-corrected chi connectivity index (χ0v) is 12.0. The highest BCUT2D eigenvalue weighted by Crippen LogP contribution is 2.20. The summed E-state index contributed by atoms with van der Waals surface area (Å²) in [6.45, 7) is 0.256. The van der Waals surface area contributed by atoms with Gasteiger partial charge >= 0.3 is 0 Å². The molecule has 0 aliphatic rings. The zero-order chi connectivity index (χ0) is 13.2. The summed E-state index contributed by atoms with van der Waals surface area (Å²) in [4.78, 5) is 4.26. The number of rotatable bonds is 4. The van der Waals surface area contributed by atoms with E-state index in [-0.39, 0.29) is 11.4 Å². The summed E-state index contributed by atoms with van der Waals surface area (Å²) in [5, 5.41) is 2.97. The van der Waals surface area contributed by atoms with Crippen LogP contribution in [0.25, 0.3) is 0 Å². The number of hydrogen-bond donors (Lipinski definition) is 0. The van der Waals surface area contributed by atoms with Gasteiger partial charge in [-0.25, -0.2) is 13.4 Å². The van der Waals surface area contributed by atoms with Crippen LogP contribution in [-0.2, 0) is 16.6 Å². The molecule has 0 saturated heterocycles. The molecule has 0 aliphatic carbocycles. The predicted molar refractivity (Wildman–Crippen MR) is 72.2 cm³/mol. The van der Waals surface area contributed by atoms with Gasteiger partial charge in [-0.3, -0.25) is 0 Å². The number of halogens is 1. The van der Waals surface area contributed by atoms with Gasteiger partial charge in [0.25, 0.3) is 0 Å². The number of thiazole rings is 1. The first-order valence-corrected chi connectivity index (χ1v) is 7.80. The molecule has 0 spiro atoms. The molecule has 1 heterocycles. The van der Waals surface area contributed by atoms with Gasteiger partial charge in [0.1, 0.15) is 5.01 Å². The largest absolute Gasteiger partial charge is 0.248 e. The SMILES string of the molecule is CN(Cc1nccs1)S(=O)(=O)c1cccc(Cl)c1. The summed E-state index contributed by atoms with van der Waals surface area (Å²) < 4.78 is 25.8. The maximum Gasteiger partial charge on any atom is 0.243 e. The Labute approximate surface area is 115 Å². The molecule has 18 heavy (non-hydrogen) atoms. The Morgan fingerprint density at radius 2 is 2.22 bits per heavy atom. The van der Waals surface area contributed by atoms with Crippen LogP contribution in [0.1, 0.15) is 5.01 Å². The summed E-state index contributed by atoms with van der Waals surface area (Å²) in [5.41, 5.74) is 0.